The first-order valence-electron chi connectivity index (χ1n) is 9.80. The molecule has 1 N–H and O–H groups in total. The third kappa shape index (κ3) is 4.82. The van der Waals surface area contributed by atoms with Gasteiger partial charge in [-0.15, -0.1) is 0 Å². The van der Waals surface area contributed by atoms with Crippen LogP contribution in [0.5, 0.6) is 5.75 Å². The molecule has 4 rings (SSSR count). The van der Waals surface area contributed by atoms with Gasteiger partial charge in [0.15, 0.2) is 5.16 Å². The summed E-state index contributed by atoms with van der Waals surface area (Å²) in [6.07, 6.45) is 5.99. The van der Waals surface area contributed by atoms with Gasteiger partial charge in [-0.1, -0.05) is 47.7 Å². The Hall–Kier alpha value is -2.73. The highest BCUT2D eigenvalue weighted by molar-refractivity contribution is 7.99. The first-order valence-corrected chi connectivity index (χ1v) is 10.8. The van der Waals surface area contributed by atoms with Gasteiger partial charge in [0.2, 0.25) is 5.91 Å². The first kappa shape index (κ1) is 19.6. The molecule has 0 spiro atoms. The number of imidazole rings is 1. The van der Waals surface area contributed by atoms with Gasteiger partial charge in [-0.2, -0.15) is 0 Å². The van der Waals surface area contributed by atoms with Crippen LogP contribution < -0.4 is 10.1 Å². The molecule has 150 valence electrons. The molecular formula is C23H25N3O2S. The maximum Gasteiger partial charge on any atom is 0.230 e. The van der Waals surface area contributed by atoms with Crippen LogP contribution in [0.3, 0.4) is 0 Å². The van der Waals surface area contributed by atoms with Crippen LogP contribution in [-0.2, 0) is 4.79 Å². The van der Waals surface area contributed by atoms with Gasteiger partial charge in [-0.05, 0) is 43.4 Å². The normalized spacial score (nSPS) is 14.4. The Morgan fingerprint density at radius 2 is 2.07 bits per heavy atom. The summed E-state index contributed by atoms with van der Waals surface area (Å²) in [4.78, 5) is 17.1. The number of amides is 1. The van der Waals surface area contributed by atoms with Gasteiger partial charge >= 0.3 is 0 Å². The summed E-state index contributed by atoms with van der Waals surface area (Å²) >= 11 is 1.44. The van der Waals surface area contributed by atoms with Gasteiger partial charge in [0.25, 0.3) is 0 Å². The minimum Gasteiger partial charge on any atom is -0.497 e. The molecule has 3 aromatic rings. The maximum absolute atomic E-state index is 12.7. The summed E-state index contributed by atoms with van der Waals surface area (Å²) in [6.45, 7) is 2.08. The Morgan fingerprint density at radius 1 is 1.28 bits per heavy atom. The number of carbonyl (C=O) groups is 1. The van der Waals surface area contributed by atoms with Crippen molar-refractivity contribution in [3.63, 3.8) is 0 Å². The number of benzene rings is 2. The Morgan fingerprint density at radius 3 is 2.79 bits per heavy atom. The second-order valence-corrected chi connectivity index (χ2v) is 8.31. The lowest BCUT2D eigenvalue weighted by atomic mass is 10.0. The molecule has 1 aromatic heterocycles. The zero-order valence-electron chi connectivity index (χ0n) is 16.7. The molecule has 1 saturated carbocycles. The number of aryl methyl sites for hydroxylation is 1. The zero-order chi connectivity index (χ0) is 20.2. The van der Waals surface area contributed by atoms with E-state index in [0.717, 1.165) is 16.6 Å². The average molecular weight is 408 g/mol. The van der Waals surface area contributed by atoms with E-state index >= 15 is 0 Å². The van der Waals surface area contributed by atoms with Crippen LogP contribution in [0.1, 0.15) is 30.0 Å². The van der Waals surface area contributed by atoms with E-state index < -0.39 is 0 Å². The lowest BCUT2D eigenvalue weighted by Crippen LogP contribution is -2.31. The van der Waals surface area contributed by atoms with Crippen molar-refractivity contribution < 1.29 is 9.53 Å². The number of hydrogen-bond donors (Lipinski definition) is 1. The van der Waals surface area contributed by atoms with Crippen molar-refractivity contribution in [2.75, 3.05) is 12.9 Å². The Bertz CT molecular complexity index is 980. The fourth-order valence-corrected chi connectivity index (χ4v) is 4.16. The van der Waals surface area contributed by atoms with Gasteiger partial charge in [0.1, 0.15) is 5.75 Å². The van der Waals surface area contributed by atoms with E-state index in [1.165, 1.54) is 35.7 Å². The largest absolute Gasteiger partial charge is 0.497 e. The van der Waals surface area contributed by atoms with E-state index in [1.807, 2.05) is 35.0 Å². The molecule has 0 bridgehead atoms. The SMILES string of the molecule is COc1cccc(-n2ccnc2SCC(=O)NC(c2ccc(C)cc2)C2CC2)c1. The minimum absolute atomic E-state index is 0.0349. The van der Waals surface area contributed by atoms with Crippen molar-refractivity contribution >= 4 is 17.7 Å². The molecule has 1 amide bonds. The van der Waals surface area contributed by atoms with E-state index in [-0.39, 0.29) is 11.9 Å². The molecule has 0 radical (unpaired) electrons. The number of carbonyl (C=O) groups excluding carboxylic acids is 1. The number of nitrogens with zero attached hydrogens (tertiary/aromatic N) is 2. The zero-order valence-corrected chi connectivity index (χ0v) is 17.5. The molecule has 6 heteroatoms. The molecular weight excluding hydrogens is 382 g/mol. The van der Waals surface area contributed by atoms with Crippen LogP contribution >= 0.6 is 11.8 Å². The number of rotatable bonds is 8. The Balaban J connectivity index is 1.41. The molecule has 1 unspecified atom stereocenters. The summed E-state index contributed by atoms with van der Waals surface area (Å²) in [5.41, 5.74) is 3.38. The molecule has 1 heterocycles. The second-order valence-electron chi connectivity index (χ2n) is 7.36. The van der Waals surface area contributed by atoms with E-state index in [1.54, 1.807) is 13.3 Å². The highest BCUT2D eigenvalue weighted by Gasteiger charge is 2.33. The highest BCUT2D eigenvalue weighted by Crippen LogP contribution is 2.41. The predicted octanol–water partition coefficient (Wildman–Crippen LogP) is 4.55. The van der Waals surface area contributed by atoms with Crippen LogP contribution in [0.15, 0.2) is 66.1 Å². The van der Waals surface area contributed by atoms with Crippen LogP contribution in [0.25, 0.3) is 5.69 Å². The third-order valence-corrected chi connectivity index (χ3v) is 6.08. The molecule has 1 fully saturated rings. The fourth-order valence-electron chi connectivity index (χ4n) is 3.38. The van der Waals surface area contributed by atoms with Gasteiger partial charge in [0.05, 0.1) is 24.6 Å². The molecule has 1 aliphatic carbocycles. The number of ether oxygens (including phenoxy) is 1. The molecule has 2 aromatic carbocycles. The second kappa shape index (κ2) is 8.74. The number of aromatic nitrogens is 2. The van der Waals surface area contributed by atoms with E-state index in [9.17, 15) is 4.79 Å². The maximum atomic E-state index is 12.7. The topological polar surface area (TPSA) is 56.2 Å². The van der Waals surface area contributed by atoms with Crippen LogP contribution in [-0.4, -0.2) is 28.3 Å². The summed E-state index contributed by atoms with van der Waals surface area (Å²) in [5, 5.41) is 4.02. The molecule has 1 atom stereocenters. The fraction of sp³-hybridized carbons (Fsp3) is 0.304. The highest BCUT2D eigenvalue weighted by atomic mass is 32.2. The number of methoxy groups -OCH3 is 1. The third-order valence-electron chi connectivity index (χ3n) is 5.12. The summed E-state index contributed by atoms with van der Waals surface area (Å²) in [5.74, 6) is 1.70. The first-order chi connectivity index (χ1) is 14.1. The van der Waals surface area contributed by atoms with Crippen molar-refractivity contribution in [1.29, 1.82) is 0 Å². The van der Waals surface area contributed by atoms with Crippen molar-refractivity contribution in [2.45, 2.75) is 31.0 Å². The lowest BCUT2D eigenvalue weighted by molar-refractivity contribution is -0.119. The number of hydrogen-bond acceptors (Lipinski definition) is 4. The van der Waals surface area contributed by atoms with Crippen molar-refractivity contribution in [3.8, 4) is 11.4 Å². The van der Waals surface area contributed by atoms with E-state index in [2.05, 4.69) is 41.5 Å². The van der Waals surface area contributed by atoms with Crippen LogP contribution in [0.4, 0.5) is 0 Å². The van der Waals surface area contributed by atoms with Gasteiger partial charge < -0.3 is 10.1 Å². The quantitative estimate of drug-likeness (QED) is 0.557. The Labute approximate surface area is 175 Å². The van der Waals surface area contributed by atoms with Crippen molar-refractivity contribution in [2.24, 2.45) is 5.92 Å². The molecule has 29 heavy (non-hydrogen) atoms. The van der Waals surface area contributed by atoms with Gasteiger partial charge in [0, 0.05) is 18.5 Å². The summed E-state index contributed by atoms with van der Waals surface area (Å²) in [7, 11) is 1.65. The van der Waals surface area contributed by atoms with E-state index in [0.29, 0.717) is 11.7 Å². The molecule has 0 saturated heterocycles. The number of thioether (sulfide) groups is 1. The predicted molar refractivity (Wildman–Crippen MR) is 116 cm³/mol. The monoisotopic (exact) mass is 407 g/mol. The standard InChI is InChI=1S/C23H25N3O2S/c1-16-6-8-17(9-7-16)22(18-10-11-18)25-21(27)15-29-23-24-12-13-26(23)19-4-3-5-20(14-19)28-2/h3-9,12-14,18,22H,10-11,15H2,1-2H3,(H,25,27). The molecule has 5 nitrogen and oxygen atoms in total. The Kier molecular flexibility index (Phi) is 5.90. The smallest absolute Gasteiger partial charge is 0.230 e. The van der Waals surface area contributed by atoms with E-state index in [4.69, 9.17) is 4.74 Å². The van der Waals surface area contributed by atoms with Crippen molar-refractivity contribution in [1.82, 2.24) is 14.9 Å². The minimum atomic E-state index is 0.0349. The molecule has 0 aliphatic heterocycles. The summed E-state index contributed by atoms with van der Waals surface area (Å²) < 4.78 is 7.28. The lowest BCUT2D eigenvalue weighted by Gasteiger charge is -2.19. The van der Waals surface area contributed by atoms with Gasteiger partial charge in [-0.3, -0.25) is 9.36 Å². The molecule has 1 aliphatic rings. The summed E-state index contributed by atoms with van der Waals surface area (Å²) in [6, 6.07) is 16.4. The van der Waals surface area contributed by atoms with Crippen molar-refractivity contribution in [3.05, 3.63) is 72.1 Å². The van der Waals surface area contributed by atoms with Crippen LogP contribution in [0.2, 0.25) is 0 Å². The number of nitrogens with one attached hydrogen (secondary N) is 1. The van der Waals surface area contributed by atoms with Gasteiger partial charge in [-0.25, -0.2) is 4.98 Å². The van der Waals surface area contributed by atoms with Crippen LogP contribution in [0, 0.1) is 12.8 Å². The average Bonchev–Trinajstić information content (AvgIpc) is 3.48.